The molecule has 0 fully saturated rings. The number of para-hydroxylation sites is 4. The first-order valence-corrected chi connectivity index (χ1v) is 20.8. The van der Waals surface area contributed by atoms with E-state index in [-0.39, 0.29) is 0 Å². The number of nitrogens with zero attached hydrogens (tertiary/aromatic N) is 2. The van der Waals surface area contributed by atoms with Gasteiger partial charge in [-0.05, 0) is 118 Å². The molecule has 290 valence electrons. The summed E-state index contributed by atoms with van der Waals surface area (Å²) in [6.45, 7) is 0. The van der Waals surface area contributed by atoms with Gasteiger partial charge in [0.2, 0.25) is 0 Å². The number of ether oxygens (including phenoxy) is 4. The van der Waals surface area contributed by atoms with Crippen molar-refractivity contribution in [3.05, 3.63) is 194 Å². The fraction of sp³-hybridized carbons (Fsp3) is 0. The van der Waals surface area contributed by atoms with Gasteiger partial charge in [0, 0.05) is 22.1 Å². The molecule has 4 heterocycles. The molecule has 0 unspecified atom stereocenters. The van der Waals surface area contributed by atoms with Gasteiger partial charge in [-0.15, -0.1) is 0 Å². The Morgan fingerprint density at radius 2 is 0.613 bits per heavy atom. The smallest absolute Gasteiger partial charge is 0.180 e. The Balaban J connectivity index is 0.883. The average Bonchev–Trinajstić information content (AvgIpc) is 3.87. The summed E-state index contributed by atoms with van der Waals surface area (Å²) >= 11 is 0. The lowest BCUT2D eigenvalue weighted by Gasteiger charge is -2.21. The Morgan fingerprint density at radius 3 is 1.05 bits per heavy atom. The normalized spacial score (nSPS) is 12.7. The molecule has 6 nitrogen and oxygen atoms in total. The van der Waals surface area contributed by atoms with Crippen LogP contribution in [0.25, 0.3) is 87.7 Å². The molecule has 10 aromatic carbocycles. The van der Waals surface area contributed by atoms with Crippen molar-refractivity contribution < 1.29 is 18.9 Å². The summed E-state index contributed by atoms with van der Waals surface area (Å²) in [5.41, 5.74) is 8.70. The largest absolute Gasteiger partial charge is 0.449 e. The van der Waals surface area contributed by atoms with Crippen molar-refractivity contribution in [1.82, 2.24) is 9.13 Å². The van der Waals surface area contributed by atoms with Gasteiger partial charge in [-0.2, -0.15) is 0 Å². The maximum atomic E-state index is 6.66. The van der Waals surface area contributed by atoms with E-state index < -0.39 is 0 Å². The Hall–Kier alpha value is -8.48. The van der Waals surface area contributed by atoms with Crippen molar-refractivity contribution in [2.45, 2.75) is 0 Å². The van der Waals surface area contributed by atoms with Crippen LogP contribution in [0.2, 0.25) is 0 Å². The summed E-state index contributed by atoms with van der Waals surface area (Å²) in [6, 6.07) is 67.7. The Kier molecular flexibility index (Phi) is 6.74. The van der Waals surface area contributed by atoms with Crippen LogP contribution in [-0.2, 0) is 0 Å². The van der Waals surface area contributed by atoms with Crippen LogP contribution in [0.3, 0.4) is 0 Å². The first-order valence-electron chi connectivity index (χ1n) is 20.8. The quantitative estimate of drug-likeness (QED) is 0.179. The predicted octanol–water partition coefficient (Wildman–Crippen LogP) is 15.7. The van der Waals surface area contributed by atoms with E-state index >= 15 is 0 Å². The molecule has 0 saturated carbocycles. The summed E-state index contributed by atoms with van der Waals surface area (Å²) in [6.07, 6.45) is 0. The van der Waals surface area contributed by atoms with Crippen LogP contribution in [0, 0.1) is 0 Å². The van der Waals surface area contributed by atoms with Gasteiger partial charge in [-0.25, -0.2) is 0 Å². The lowest BCUT2D eigenvalue weighted by atomic mass is 10.0. The van der Waals surface area contributed by atoms with Crippen LogP contribution < -0.4 is 18.9 Å². The van der Waals surface area contributed by atoms with Crippen molar-refractivity contribution in [3.63, 3.8) is 0 Å². The number of fused-ring (bicyclic) bond motifs is 16. The number of hydrogen-bond acceptors (Lipinski definition) is 4. The van der Waals surface area contributed by atoms with E-state index in [2.05, 4.69) is 143 Å². The zero-order chi connectivity index (χ0) is 40.5. The molecule has 0 saturated heterocycles. The molecule has 2 aliphatic rings. The van der Waals surface area contributed by atoms with Crippen molar-refractivity contribution in [2.75, 3.05) is 0 Å². The molecule has 0 spiro atoms. The van der Waals surface area contributed by atoms with E-state index in [9.17, 15) is 0 Å². The van der Waals surface area contributed by atoms with Crippen LogP contribution in [0.1, 0.15) is 0 Å². The lowest BCUT2D eigenvalue weighted by molar-refractivity contribution is 0.363. The maximum Gasteiger partial charge on any atom is 0.180 e. The molecule has 14 rings (SSSR count). The molecule has 2 aliphatic heterocycles. The molecule has 0 aliphatic carbocycles. The second-order valence-corrected chi connectivity index (χ2v) is 16.0. The minimum Gasteiger partial charge on any atom is -0.449 e. The van der Waals surface area contributed by atoms with Crippen LogP contribution >= 0.6 is 0 Å². The SMILES string of the molecule is c1ccc2c(c1)Oc1ccc3c(c1O2)c1c2ccccc2ccc1n3-c1ccc(-c2ccc(-n3c4ccc5c(c4c4c6ccccc6ccc43)Oc3ccccc3O5)cc2)cc1. The highest BCUT2D eigenvalue weighted by Crippen LogP contribution is 2.54. The minimum atomic E-state index is 0.712. The van der Waals surface area contributed by atoms with Crippen LogP contribution in [0.5, 0.6) is 46.0 Å². The van der Waals surface area contributed by atoms with E-state index in [1.165, 1.54) is 21.5 Å². The molecular formula is C56H32N2O4. The molecule has 0 bridgehead atoms. The predicted molar refractivity (Wildman–Crippen MR) is 249 cm³/mol. The molecule has 2 aromatic heterocycles. The Morgan fingerprint density at radius 1 is 0.258 bits per heavy atom. The summed E-state index contributed by atoms with van der Waals surface area (Å²) in [7, 11) is 0. The van der Waals surface area contributed by atoms with Gasteiger partial charge in [0.1, 0.15) is 0 Å². The Labute approximate surface area is 354 Å². The monoisotopic (exact) mass is 796 g/mol. The first kappa shape index (κ1) is 33.4. The number of rotatable bonds is 3. The van der Waals surface area contributed by atoms with Crippen LogP contribution in [-0.4, -0.2) is 9.13 Å². The lowest BCUT2D eigenvalue weighted by Crippen LogP contribution is -1.99. The Bertz CT molecular complexity index is 3610. The zero-order valence-electron chi connectivity index (χ0n) is 33.0. The van der Waals surface area contributed by atoms with Crippen LogP contribution in [0.15, 0.2) is 194 Å². The molecule has 0 amide bonds. The second-order valence-electron chi connectivity index (χ2n) is 16.0. The number of aromatic nitrogens is 2. The van der Waals surface area contributed by atoms with Crippen molar-refractivity contribution in [1.29, 1.82) is 0 Å². The van der Waals surface area contributed by atoms with Gasteiger partial charge >= 0.3 is 0 Å². The third-order valence-electron chi connectivity index (χ3n) is 12.6. The standard InChI is InChI=1S/C56H32N2O4/c1-3-11-39-35(9-1)21-27-41-51(39)53-43(29-31-49-55(53)61-47-15-7-5-13-45(47)59-49)57(41)37-23-17-33(18-24-37)34-19-25-38(26-20-34)58-42-28-22-36-10-2-4-12-40(36)52(42)54-44(58)30-32-50-56(54)62-48-16-8-6-14-46(48)60-50/h1-32H. The summed E-state index contributed by atoms with van der Waals surface area (Å²) in [4.78, 5) is 0. The van der Waals surface area contributed by atoms with Gasteiger partial charge in [0.25, 0.3) is 0 Å². The maximum absolute atomic E-state index is 6.66. The van der Waals surface area contributed by atoms with Gasteiger partial charge < -0.3 is 28.1 Å². The highest BCUT2D eigenvalue weighted by molar-refractivity contribution is 6.25. The third kappa shape index (κ3) is 4.69. The highest BCUT2D eigenvalue weighted by Gasteiger charge is 2.28. The fourth-order valence-corrected chi connectivity index (χ4v) is 9.86. The van der Waals surface area contributed by atoms with Crippen molar-refractivity contribution in [3.8, 4) is 68.5 Å². The average molecular weight is 797 g/mol. The van der Waals surface area contributed by atoms with Crippen LogP contribution in [0.4, 0.5) is 0 Å². The minimum absolute atomic E-state index is 0.712. The first-order chi connectivity index (χ1) is 30.7. The molecule has 12 aromatic rings. The molecule has 6 heteroatoms. The molecule has 0 atom stereocenters. The third-order valence-corrected chi connectivity index (χ3v) is 12.6. The number of hydrogen-bond donors (Lipinski definition) is 0. The van der Waals surface area contributed by atoms with E-state index in [0.29, 0.717) is 23.0 Å². The van der Waals surface area contributed by atoms with Crippen molar-refractivity contribution >= 4 is 65.2 Å². The van der Waals surface area contributed by atoms with Gasteiger partial charge in [0.15, 0.2) is 46.0 Å². The van der Waals surface area contributed by atoms with Gasteiger partial charge in [-0.1, -0.05) is 109 Å². The summed E-state index contributed by atoms with van der Waals surface area (Å²) in [5, 5.41) is 9.04. The zero-order valence-corrected chi connectivity index (χ0v) is 33.0. The second kappa shape index (κ2) is 12.5. The van der Waals surface area contributed by atoms with Crippen molar-refractivity contribution in [2.24, 2.45) is 0 Å². The molecule has 62 heavy (non-hydrogen) atoms. The summed E-state index contributed by atoms with van der Waals surface area (Å²) < 4.78 is 30.8. The van der Waals surface area contributed by atoms with E-state index in [1.807, 2.05) is 60.7 Å². The van der Waals surface area contributed by atoms with E-state index in [4.69, 9.17) is 18.9 Å². The fourth-order valence-electron chi connectivity index (χ4n) is 9.86. The van der Waals surface area contributed by atoms with Gasteiger partial charge in [0.05, 0.1) is 32.8 Å². The number of benzene rings is 10. The van der Waals surface area contributed by atoms with E-state index in [1.54, 1.807) is 0 Å². The summed E-state index contributed by atoms with van der Waals surface area (Å²) in [5.74, 6) is 5.76. The molecule has 0 radical (unpaired) electrons. The molecule has 0 N–H and O–H groups in total. The van der Waals surface area contributed by atoms with E-state index in [0.717, 1.165) is 89.1 Å². The molecular weight excluding hydrogens is 765 g/mol. The topological polar surface area (TPSA) is 46.8 Å². The highest BCUT2D eigenvalue weighted by atomic mass is 16.6. The van der Waals surface area contributed by atoms with Gasteiger partial charge in [-0.3, -0.25) is 0 Å².